The smallest absolute Gasteiger partial charge is 0.231 e. The van der Waals surface area contributed by atoms with Crippen molar-refractivity contribution < 1.29 is 9.26 Å². The van der Waals surface area contributed by atoms with Gasteiger partial charge < -0.3 is 15.0 Å². The number of fused-ring (bicyclic) bond motifs is 2. The maximum absolute atomic E-state index is 5.69. The Balaban J connectivity index is 2.19. The van der Waals surface area contributed by atoms with Gasteiger partial charge in [0.25, 0.3) is 0 Å². The minimum absolute atomic E-state index is 0.139. The number of benzene rings is 1. The summed E-state index contributed by atoms with van der Waals surface area (Å²) < 4.78 is 10.6. The molecule has 0 spiro atoms. The van der Waals surface area contributed by atoms with Crippen LogP contribution in [0.15, 0.2) is 28.8 Å². The zero-order valence-corrected chi connectivity index (χ0v) is 10.2. The third-order valence-electron chi connectivity index (χ3n) is 2.63. The first-order chi connectivity index (χ1) is 8.63. The van der Waals surface area contributed by atoms with E-state index in [1.165, 1.54) is 0 Å². The van der Waals surface area contributed by atoms with Gasteiger partial charge in [-0.25, -0.2) is 4.98 Å². The molecule has 0 radical (unpaired) electrons. The molecule has 2 aromatic heterocycles. The molecule has 0 aliphatic carbocycles. The van der Waals surface area contributed by atoms with Crippen LogP contribution in [0.2, 0.25) is 0 Å². The molecule has 0 aliphatic rings. The molecule has 1 aromatic carbocycles. The second-order valence-corrected chi connectivity index (χ2v) is 4.43. The van der Waals surface area contributed by atoms with Gasteiger partial charge in [0.15, 0.2) is 0 Å². The molecule has 0 amide bonds. The molecule has 0 unspecified atom stereocenters. The molecular formula is C13H13N3O2. The number of nitrogen functional groups attached to an aromatic ring is 1. The molecular weight excluding hydrogens is 230 g/mol. The zero-order valence-electron chi connectivity index (χ0n) is 10.2. The number of anilines is 1. The van der Waals surface area contributed by atoms with Gasteiger partial charge in [0.1, 0.15) is 5.75 Å². The molecule has 0 bridgehead atoms. The summed E-state index contributed by atoms with van der Waals surface area (Å²) in [5, 5.41) is 5.48. The Hall–Kier alpha value is -2.30. The number of nitrogens with two attached hydrogens (primary N) is 1. The normalized spacial score (nSPS) is 11.5. The highest BCUT2D eigenvalue weighted by atomic mass is 16.5. The van der Waals surface area contributed by atoms with E-state index in [0.29, 0.717) is 5.65 Å². The number of ether oxygens (including phenoxy) is 1. The molecule has 5 heteroatoms. The lowest BCUT2D eigenvalue weighted by Crippen LogP contribution is -2.05. The number of hydrogen-bond acceptors (Lipinski definition) is 5. The van der Waals surface area contributed by atoms with Crippen molar-refractivity contribution in [3.05, 3.63) is 24.3 Å². The number of pyridine rings is 1. The van der Waals surface area contributed by atoms with Crippen LogP contribution in [0.25, 0.3) is 21.9 Å². The predicted octanol–water partition coefficient (Wildman–Crippen LogP) is 2.75. The number of hydrogen-bond donors (Lipinski definition) is 1. The topological polar surface area (TPSA) is 74.2 Å². The third-order valence-corrected chi connectivity index (χ3v) is 2.63. The van der Waals surface area contributed by atoms with E-state index in [1.807, 2.05) is 38.1 Å². The Labute approximate surface area is 104 Å². The van der Waals surface area contributed by atoms with Crippen molar-refractivity contribution in [1.29, 1.82) is 0 Å². The lowest BCUT2D eigenvalue weighted by molar-refractivity contribution is 0.243. The van der Waals surface area contributed by atoms with Crippen LogP contribution in [-0.2, 0) is 0 Å². The van der Waals surface area contributed by atoms with Gasteiger partial charge >= 0.3 is 0 Å². The molecule has 92 valence electrons. The van der Waals surface area contributed by atoms with Gasteiger partial charge in [-0.3, -0.25) is 0 Å². The van der Waals surface area contributed by atoms with Gasteiger partial charge in [-0.15, -0.1) is 0 Å². The highest BCUT2D eigenvalue weighted by Gasteiger charge is 2.09. The molecule has 0 atom stereocenters. The lowest BCUT2D eigenvalue weighted by atomic mass is 10.2. The second kappa shape index (κ2) is 3.87. The van der Waals surface area contributed by atoms with Crippen molar-refractivity contribution in [2.45, 2.75) is 20.0 Å². The minimum Gasteiger partial charge on any atom is -0.491 e. The largest absolute Gasteiger partial charge is 0.491 e. The summed E-state index contributed by atoms with van der Waals surface area (Å²) in [5.74, 6) is 1.10. The van der Waals surface area contributed by atoms with Crippen LogP contribution in [0.4, 0.5) is 5.88 Å². The molecule has 0 saturated heterocycles. The fraction of sp³-hybridized carbons (Fsp3) is 0.231. The fourth-order valence-corrected chi connectivity index (χ4v) is 1.88. The monoisotopic (exact) mass is 243 g/mol. The quantitative estimate of drug-likeness (QED) is 0.749. The number of nitrogens with zero attached hydrogens (tertiary/aromatic N) is 2. The summed E-state index contributed by atoms with van der Waals surface area (Å²) in [6, 6.07) is 7.65. The van der Waals surface area contributed by atoms with Crippen molar-refractivity contribution in [1.82, 2.24) is 10.1 Å². The van der Waals surface area contributed by atoms with Crippen LogP contribution >= 0.6 is 0 Å². The molecule has 2 heterocycles. The molecule has 3 rings (SSSR count). The van der Waals surface area contributed by atoms with E-state index in [2.05, 4.69) is 10.1 Å². The Morgan fingerprint density at radius 2 is 2.11 bits per heavy atom. The molecule has 0 aliphatic heterocycles. The summed E-state index contributed by atoms with van der Waals surface area (Å²) in [5.41, 5.74) is 7.05. The van der Waals surface area contributed by atoms with Crippen LogP contribution in [0.3, 0.4) is 0 Å². The van der Waals surface area contributed by atoms with E-state index >= 15 is 0 Å². The molecule has 0 saturated carbocycles. The van der Waals surface area contributed by atoms with Crippen molar-refractivity contribution in [2.24, 2.45) is 0 Å². The van der Waals surface area contributed by atoms with Gasteiger partial charge in [-0.1, -0.05) is 5.16 Å². The highest BCUT2D eigenvalue weighted by Crippen LogP contribution is 2.26. The lowest BCUT2D eigenvalue weighted by Gasteiger charge is -2.09. The highest BCUT2D eigenvalue weighted by molar-refractivity contribution is 5.95. The Morgan fingerprint density at radius 1 is 1.28 bits per heavy atom. The summed E-state index contributed by atoms with van der Waals surface area (Å²) in [6.07, 6.45) is 0.139. The first-order valence-electron chi connectivity index (χ1n) is 5.76. The van der Waals surface area contributed by atoms with Gasteiger partial charge in [0, 0.05) is 5.39 Å². The molecule has 3 aromatic rings. The van der Waals surface area contributed by atoms with E-state index in [9.17, 15) is 0 Å². The second-order valence-electron chi connectivity index (χ2n) is 4.43. The van der Waals surface area contributed by atoms with Crippen molar-refractivity contribution >= 4 is 27.8 Å². The standard InChI is InChI=1S/C13H13N3O2/c1-7(2)17-9-3-4-11-8(5-9)6-10-12(14)18-16-13(10)15-11/h3-7H,14H2,1-2H3. The van der Waals surface area contributed by atoms with E-state index in [-0.39, 0.29) is 12.0 Å². The summed E-state index contributed by atoms with van der Waals surface area (Å²) >= 11 is 0. The van der Waals surface area contributed by atoms with Crippen molar-refractivity contribution in [2.75, 3.05) is 5.73 Å². The molecule has 18 heavy (non-hydrogen) atoms. The zero-order chi connectivity index (χ0) is 12.7. The van der Waals surface area contributed by atoms with Gasteiger partial charge in [0.05, 0.1) is 17.0 Å². The van der Waals surface area contributed by atoms with E-state index in [4.69, 9.17) is 15.0 Å². The van der Waals surface area contributed by atoms with Crippen LogP contribution in [0, 0.1) is 0 Å². The maximum Gasteiger partial charge on any atom is 0.231 e. The average molecular weight is 243 g/mol. The number of aromatic nitrogens is 2. The molecule has 5 nitrogen and oxygen atoms in total. The average Bonchev–Trinajstić information content (AvgIpc) is 2.67. The molecule has 2 N–H and O–H groups in total. The Bertz CT molecular complexity index is 719. The third kappa shape index (κ3) is 1.73. The van der Waals surface area contributed by atoms with E-state index in [1.54, 1.807) is 0 Å². The Kier molecular flexibility index (Phi) is 2.33. The van der Waals surface area contributed by atoms with Crippen LogP contribution in [0.5, 0.6) is 5.75 Å². The molecule has 0 fully saturated rings. The van der Waals surface area contributed by atoms with Crippen molar-refractivity contribution in [3.63, 3.8) is 0 Å². The van der Waals surface area contributed by atoms with Gasteiger partial charge in [-0.2, -0.15) is 0 Å². The number of rotatable bonds is 2. The van der Waals surface area contributed by atoms with Crippen LogP contribution in [0.1, 0.15) is 13.8 Å². The minimum atomic E-state index is 0.139. The summed E-state index contributed by atoms with van der Waals surface area (Å²) in [6.45, 7) is 3.98. The fourth-order valence-electron chi connectivity index (χ4n) is 1.88. The summed E-state index contributed by atoms with van der Waals surface area (Å²) in [4.78, 5) is 4.38. The van der Waals surface area contributed by atoms with Crippen LogP contribution < -0.4 is 10.5 Å². The summed E-state index contributed by atoms with van der Waals surface area (Å²) in [7, 11) is 0. The van der Waals surface area contributed by atoms with Gasteiger partial charge in [0.2, 0.25) is 11.5 Å². The van der Waals surface area contributed by atoms with Crippen LogP contribution in [-0.4, -0.2) is 16.2 Å². The van der Waals surface area contributed by atoms with Crippen molar-refractivity contribution in [3.8, 4) is 5.75 Å². The first-order valence-corrected chi connectivity index (χ1v) is 5.76. The first kappa shape index (κ1) is 10.8. The maximum atomic E-state index is 5.69. The predicted molar refractivity (Wildman–Crippen MR) is 69.5 cm³/mol. The SMILES string of the molecule is CC(C)Oc1ccc2nc3noc(N)c3cc2c1. The van der Waals surface area contributed by atoms with E-state index in [0.717, 1.165) is 22.0 Å². The van der Waals surface area contributed by atoms with Gasteiger partial charge in [-0.05, 0) is 38.1 Å². The van der Waals surface area contributed by atoms with E-state index < -0.39 is 0 Å². The Morgan fingerprint density at radius 3 is 2.89 bits per heavy atom.